The van der Waals surface area contributed by atoms with Crippen molar-refractivity contribution >= 4 is 39.2 Å². The van der Waals surface area contributed by atoms with E-state index >= 15 is 0 Å². The van der Waals surface area contributed by atoms with Crippen molar-refractivity contribution in [3.05, 3.63) is 80.6 Å². The van der Waals surface area contributed by atoms with Gasteiger partial charge >= 0.3 is 12.0 Å². The molecule has 0 saturated heterocycles. The summed E-state index contributed by atoms with van der Waals surface area (Å²) in [5.41, 5.74) is 1.05. The number of aromatic nitrogens is 2. The third-order valence-corrected chi connectivity index (χ3v) is 4.36. The first-order chi connectivity index (χ1) is 14.9. The van der Waals surface area contributed by atoms with E-state index in [2.05, 4.69) is 36.2 Å². The maximum Gasteiger partial charge on any atom is 0.348 e. The molecule has 0 saturated carbocycles. The first-order valence-corrected chi connectivity index (χ1v) is 9.60. The first-order valence-electron chi connectivity index (χ1n) is 8.81. The van der Waals surface area contributed by atoms with Crippen molar-refractivity contribution < 1.29 is 19.2 Å². The molecule has 158 valence electrons. The normalized spacial score (nSPS) is 11.0. The molecule has 0 spiro atoms. The zero-order chi connectivity index (χ0) is 22.4. The number of hydrogen-bond donors (Lipinski definition) is 1. The predicted octanol–water partition coefficient (Wildman–Crippen LogP) is 4.87. The van der Waals surface area contributed by atoms with Crippen LogP contribution in [0.15, 0.2) is 64.3 Å². The maximum absolute atomic E-state index is 12.4. The van der Waals surface area contributed by atoms with E-state index < -0.39 is 11.0 Å². The molecule has 3 aromatic rings. The van der Waals surface area contributed by atoms with Gasteiger partial charge in [-0.1, -0.05) is 12.1 Å². The SMILES string of the molecule is CO/C(=N/C(=O)Nc1ccc(Oc2ncc(Br)cn2)c(C)c1)c1ccccc1[N+](=O)[O-]. The molecule has 0 radical (unpaired) electrons. The summed E-state index contributed by atoms with van der Waals surface area (Å²) in [4.78, 5) is 34.9. The first kappa shape index (κ1) is 21.8. The van der Waals surface area contributed by atoms with E-state index in [1.165, 1.54) is 25.3 Å². The number of amides is 2. The van der Waals surface area contributed by atoms with Gasteiger partial charge in [0.05, 0.1) is 16.5 Å². The second-order valence-electron chi connectivity index (χ2n) is 6.09. The number of aryl methyl sites for hydroxylation is 1. The summed E-state index contributed by atoms with van der Waals surface area (Å²) in [7, 11) is 1.28. The highest BCUT2D eigenvalue weighted by atomic mass is 79.9. The molecule has 1 heterocycles. The van der Waals surface area contributed by atoms with Gasteiger partial charge in [-0.15, -0.1) is 0 Å². The number of methoxy groups -OCH3 is 1. The van der Waals surface area contributed by atoms with E-state index in [-0.39, 0.29) is 23.2 Å². The van der Waals surface area contributed by atoms with Crippen molar-refractivity contribution in [2.75, 3.05) is 12.4 Å². The van der Waals surface area contributed by atoms with E-state index in [9.17, 15) is 14.9 Å². The van der Waals surface area contributed by atoms with Crippen LogP contribution in [0.5, 0.6) is 11.8 Å². The number of nitro groups is 1. The number of rotatable bonds is 5. The Hall–Kier alpha value is -3.86. The van der Waals surface area contributed by atoms with Crippen molar-refractivity contribution in [2.24, 2.45) is 4.99 Å². The van der Waals surface area contributed by atoms with Crippen LogP contribution in [0.3, 0.4) is 0 Å². The van der Waals surface area contributed by atoms with Gasteiger partial charge in [0, 0.05) is 24.1 Å². The molecule has 1 aromatic heterocycles. The van der Waals surface area contributed by atoms with Crippen LogP contribution in [-0.4, -0.2) is 33.9 Å². The molecule has 0 unspecified atom stereocenters. The smallest absolute Gasteiger partial charge is 0.348 e. The second kappa shape index (κ2) is 9.76. The van der Waals surface area contributed by atoms with E-state index in [0.717, 1.165) is 10.0 Å². The lowest BCUT2D eigenvalue weighted by Crippen LogP contribution is -2.14. The number of hydrogen-bond acceptors (Lipinski definition) is 7. The standard InChI is InChI=1S/C20H16BrN5O5/c1-12-9-14(7-8-17(12)31-20-22-10-13(21)11-23-20)24-19(27)25-18(30-2)15-5-3-4-6-16(15)26(28)29/h3-11H,1-2H3,(H,24,27)/b25-18+. The van der Waals surface area contributed by atoms with E-state index in [1.54, 1.807) is 43.6 Å². The van der Waals surface area contributed by atoms with Gasteiger partial charge in [-0.25, -0.2) is 14.8 Å². The van der Waals surface area contributed by atoms with Crippen LogP contribution in [0.25, 0.3) is 0 Å². The van der Waals surface area contributed by atoms with Gasteiger partial charge in [-0.3, -0.25) is 10.1 Å². The highest BCUT2D eigenvalue weighted by Gasteiger charge is 2.19. The lowest BCUT2D eigenvalue weighted by atomic mass is 10.2. The summed E-state index contributed by atoms with van der Waals surface area (Å²) in [5, 5.41) is 13.8. The maximum atomic E-state index is 12.4. The number of ether oxygens (including phenoxy) is 2. The number of halogens is 1. The van der Waals surface area contributed by atoms with Crippen LogP contribution in [-0.2, 0) is 4.74 Å². The van der Waals surface area contributed by atoms with Crippen LogP contribution in [0.2, 0.25) is 0 Å². The Labute approximate surface area is 185 Å². The van der Waals surface area contributed by atoms with Crippen molar-refractivity contribution in [1.82, 2.24) is 9.97 Å². The van der Waals surface area contributed by atoms with Crippen LogP contribution < -0.4 is 10.1 Å². The number of carbonyl (C=O) groups excluding carboxylic acids is 1. The Morgan fingerprint density at radius 3 is 2.55 bits per heavy atom. The molecule has 1 N–H and O–H groups in total. The molecule has 2 aromatic carbocycles. The summed E-state index contributed by atoms with van der Waals surface area (Å²) in [6.07, 6.45) is 3.13. The minimum Gasteiger partial charge on any atom is -0.480 e. The molecular formula is C20H16BrN5O5. The molecule has 3 rings (SSSR count). The molecular weight excluding hydrogens is 470 g/mol. The highest BCUT2D eigenvalue weighted by Crippen LogP contribution is 2.26. The van der Waals surface area contributed by atoms with E-state index in [0.29, 0.717) is 11.4 Å². The van der Waals surface area contributed by atoms with Gasteiger partial charge < -0.3 is 14.8 Å². The summed E-state index contributed by atoms with van der Waals surface area (Å²) < 4.78 is 11.5. The number of carbonyl (C=O) groups is 1. The quantitative estimate of drug-likeness (QED) is 0.236. The summed E-state index contributed by atoms with van der Waals surface area (Å²) in [6, 6.07) is 10.2. The highest BCUT2D eigenvalue weighted by molar-refractivity contribution is 9.10. The van der Waals surface area contributed by atoms with Gasteiger partial charge in [0.25, 0.3) is 5.69 Å². The fraction of sp³-hybridized carbons (Fsp3) is 0.100. The number of nitro benzene ring substituents is 1. The lowest BCUT2D eigenvalue weighted by Gasteiger charge is -2.10. The van der Waals surface area contributed by atoms with Gasteiger partial charge in [-0.2, -0.15) is 4.99 Å². The fourth-order valence-corrected chi connectivity index (χ4v) is 2.77. The Morgan fingerprint density at radius 1 is 1.19 bits per heavy atom. The third-order valence-electron chi connectivity index (χ3n) is 3.95. The largest absolute Gasteiger partial charge is 0.480 e. The minimum atomic E-state index is -0.751. The summed E-state index contributed by atoms with van der Waals surface area (Å²) in [5.74, 6) is 0.343. The van der Waals surface area contributed by atoms with Crippen molar-refractivity contribution in [2.45, 2.75) is 6.92 Å². The molecule has 11 heteroatoms. The lowest BCUT2D eigenvalue weighted by molar-refractivity contribution is -0.385. The predicted molar refractivity (Wildman–Crippen MR) is 117 cm³/mol. The molecule has 0 aliphatic rings. The van der Waals surface area contributed by atoms with E-state index in [1.807, 2.05) is 0 Å². The fourth-order valence-electron chi connectivity index (χ4n) is 2.57. The Bertz CT molecular complexity index is 1150. The average molecular weight is 486 g/mol. The molecule has 31 heavy (non-hydrogen) atoms. The molecule has 0 fully saturated rings. The van der Waals surface area contributed by atoms with Gasteiger partial charge in [0.15, 0.2) is 0 Å². The average Bonchev–Trinajstić information content (AvgIpc) is 2.75. The molecule has 0 atom stereocenters. The second-order valence-corrected chi connectivity index (χ2v) is 7.01. The summed E-state index contributed by atoms with van der Waals surface area (Å²) in [6.45, 7) is 1.79. The number of para-hydroxylation sites is 1. The van der Waals surface area contributed by atoms with Crippen LogP contribution in [0, 0.1) is 17.0 Å². The molecule has 2 amide bonds. The minimum absolute atomic E-state index is 0.0968. The van der Waals surface area contributed by atoms with E-state index in [4.69, 9.17) is 9.47 Å². The van der Waals surface area contributed by atoms with Crippen LogP contribution in [0.1, 0.15) is 11.1 Å². The van der Waals surface area contributed by atoms with Crippen molar-refractivity contribution in [3.63, 3.8) is 0 Å². The topological polar surface area (TPSA) is 129 Å². The zero-order valence-electron chi connectivity index (χ0n) is 16.4. The zero-order valence-corrected chi connectivity index (χ0v) is 18.0. The molecule has 0 aliphatic heterocycles. The Kier molecular flexibility index (Phi) is 6.88. The van der Waals surface area contributed by atoms with Gasteiger partial charge in [0.1, 0.15) is 11.3 Å². The summed E-state index contributed by atoms with van der Waals surface area (Å²) >= 11 is 3.25. The number of urea groups is 1. The number of benzene rings is 2. The Morgan fingerprint density at radius 2 is 1.90 bits per heavy atom. The third kappa shape index (κ3) is 5.60. The van der Waals surface area contributed by atoms with Gasteiger partial charge in [0.2, 0.25) is 5.90 Å². The Balaban J connectivity index is 1.76. The van der Waals surface area contributed by atoms with Crippen molar-refractivity contribution in [1.29, 1.82) is 0 Å². The van der Waals surface area contributed by atoms with Crippen molar-refractivity contribution in [3.8, 4) is 11.8 Å². The number of nitrogens with zero attached hydrogens (tertiary/aromatic N) is 4. The van der Waals surface area contributed by atoms with Gasteiger partial charge in [-0.05, 0) is 52.7 Å². The number of aliphatic imine (C=N–C) groups is 1. The number of nitrogens with one attached hydrogen (secondary N) is 1. The monoisotopic (exact) mass is 485 g/mol. The number of anilines is 1. The molecule has 0 aliphatic carbocycles. The molecule has 0 bridgehead atoms. The van der Waals surface area contributed by atoms with Crippen LogP contribution in [0.4, 0.5) is 16.2 Å². The molecule has 10 nitrogen and oxygen atoms in total. The van der Waals surface area contributed by atoms with Crippen LogP contribution >= 0.6 is 15.9 Å².